The largest absolute Gasteiger partial charge is 0.284 e. The lowest BCUT2D eigenvalue weighted by molar-refractivity contribution is 1.01. The number of nitrogens with zero attached hydrogens (tertiary/aromatic N) is 6. The zero-order valence-corrected chi connectivity index (χ0v) is 25.4. The Morgan fingerprint density at radius 1 is 0.458 bits per heavy atom. The fourth-order valence-electron chi connectivity index (χ4n) is 6.97. The first-order valence-corrected chi connectivity index (χ1v) is 15.8. The zero-order valence-electron chi connectivity index (χ0n) is 25.4. The summed E-state index contributed by atoms with van der Waals surface area (Å²) in [7, 11) is 0. The predicted molar refractivity (Wildman–Crippen MR) is 193 cm³/mol. The lowest BCUT2D eigenvalue weighted by Gasteiger charge is -2.12. The maximum atomic E-state index is 13.4. The molecule has 0 atom stereocenters. The van der Waals surface area contributed by atoms with Crippen LogP contribution in [0, 0.1) is 0 Å². The van der Waals surface area contributed by atoms with Crippen molar-refractivity contribution in [3.63, 3.8) is 0 Å². The van der Waals surface area contributed by atoms with E-state index in [1.807, 2.05) is 83.3 Å². The molecule has 4 aromatic heterocycles. The molecule has 48 heavy (non-hydrogen) atoms. The summed E-state index contributed by atoms with van der Waals surface area (Å²) in [6.45, 7) is 0. The second kappa shape index (κ2) is 10.1. The minimum Gasteiger partial charge on any atom is -0.284 e. The summed E-state index contributed by atoms with van der Waals surface area (Å²) < 4.78 is 4.04. The van der Waals surface area contributed by atoms with E-state index in [1.165, 1.54) is 0 Å². The molecule has 0 bridgehead atoms. The summed E-state index contributed by atoms with van der Waals surface area (Å²) in [5.74, 6) is 0.615. The fraction of sp³-hybridized carbons (Fsp3) is 0. The lowest BCUT2D eigenvalue weighted by Crippen LogP contribution is -2.11. The quantitative estimate of drug-likeness (QED) is 0.186. The van der Waals surface area contributed by atoms with E-state index < -0.39 is 0 Å². The van der Waals surface area contributed by atoms with E-state index in [9.17, 15) is 4.79 Å². The number of hydrogen-bond acceptors (Lipinski definition) is 5. The number of rotatable bonds is 3. The van der Waals surface area contributed by atoms with Crippen molar-refractivity contribution in [1.82, 2.24) is 28.9 Å². The van der Waals surface area contributed by atoms with Crippen LogP contribution < -0.4 is 5.56 Å². The molecule has 7 heteroatoms. The minimum absolute atomic E-state index is 0.261. The monoisotopic (exact) mass is 616 g/mol. The van der Waals surface area contributed by atoms with Gasteiger partial charge in [0.2, 0.25) is 5.95 Å². The van der Waals surface area contributed by atoms with Gasteiger partial charge in [-0.3, -0.25) is 13.8 Å². The van der Waals surface area contributed by atoms with E-state index >= 15 is 0 Å². The average molecular weight is 617 g/mol. The van der Waals surface area contributed by atoms with Crippen LogP contribution in [-0.2, 0) is 0 Å². The fourth-order valence-corrected chi connectivity index (χ4v) is 6.97. The van der Waals surface area contributed by atoms with Gasteiger partial charge in [-0.25, -0.2) is 15.0 Å². The van der Waals surface area contributed by atoms with Crippen LogP contribution in [0.15, 0.2) is 151 Å². The Hall–Kier alpha value is -6.73. The Labute approximate surface area is 273 Å². The second-order valence-corrected chi connectivity index (χ2v) is 11.9. The van der Waals surface area contributed by atoms with Crippen LogP contribution in [0.4, 0.5) is 0 Å². The van der Waals surface area contributed by atoms with Gasteiger partial charge in [0.05, 0.1) is 38.7 Å². The molecule has 4 heterocycles. The van der Waals surface area contributed by atoms with Crippen LogP contribution in [0.25, 0.3) is 88.5 Å². The van der Waals surface area contributed by atoms with Gasteiger partial charge in [0.15, 0.2) is 5.65 Å². The van der Waals surface area contributed by atoms with Crippen LogP contribution in [-0.4, -0.2) is 28.9 Å². The summed E-state index contributed by atoms with van der Waals surface area (Å²) in [4.78, 5) is 32.8. The van der Waals surface area contributed by atoms with E-state index in [2.05, 4.69) is 75.2 Å². The molecule has 10 aromatic rings. The topological polar surface area (TPSA) is 78.0 Å². The van der Waals surface area contributed by atoms with E-state index in [4.69, 9.17) is 9.97 Å². The highest BCUT2D eigenvalue weighted by atomic mass is 16.1. The highest BCUT2D eigenvalue weighted by Gasteiger charge is 2.18. The lowest BCUT2D eigenvalue weighted by atomic mass is 10.0. The van der Waals surface area contributed by atoms with Gasteiger partial charge in [-0.15, -0.1) is 0 Å². The molecule has 6 aromatic carbocycles. The third-order valence-electron chi connectivity index (χ3n) is 9.22. The predicted octanol–water partition coefficient (Wildman–Crippen LogP) is 8.77. The van der Waals surface area contributed by atoms with Crippen molar-refractivity contribution in [3.8, 4) is 28.3 Å². The van der Waals surface area contributed by atoms with Gasteiger partial charge >= 0.3 is 0 Å². The first-order chi connectivity index (χ1) is 23.7. The van der Waals surface area contributed by atoms with E-state index in [0.29, 0.717) is 17.0 Å². The first kappa shape index (κ1) is 26.5. The van der Waals surface area contributed by atoms with Crippen molar-refractivity contribution < 1.29 is 0 Å². The third-order valence-corrected chi connectivity index (χ3v) is 9.22. The van der Waals surface area contributed by atoms with Gasteiger partial charge in [0.1, 0.15) is 6.33 Å². The van der Waals surface area contributed by atoms with E-state index in [0.717, 1.165) is 71.5 Å². The number of aromatic nitrogens is 6. The maximum Gasteiger partial charge on any atom is 0.281 e. The molecule has 0 spiro atoms. The molecule has 10 rings (SSSR count). The van der Waals surface area contributed by atoms with Crippen molar-refractivity contribution in [3.05, 3.63) is 156 Å². The van der Waals surface area contributed by atoms with Crippen molar-refractivity contribution >= 4 is 60.2 Å². The van der Waals surface area contributed by atoms with Gasteiger partial charge < -0.3 is 0 Å². The molecule has 0 aliphatic carbocycles. The molecule has 0 unspecified atom stereocenters. The Bertz CT molecular complexity index is 2980. The van der Waals surface area contributed by atoms with Crippen LogP contribution in [0.2, 0.25) is 0 Å². The zero-order chi connectivity index (χ0) is 31.8. The Kier molecular flexibility index (Phi) is 5.59. The highest BCUT2D eigenvalue weighted by molar-refractivity contribution is 6.10. The second-order valence-electron chi connectivity index (χ2n) is 11.9. The van der Waals surface area contributed by atoms with Crippen molar-refractivity contribution in [2.45, 2.75) is 0 Å². The number of hydrogen-bond donors (Lipinski definition) is 0. The molecule has 0 fully saturated rings. The highest BCUT2D eigenvalue weighted by Crippen LogP contribution is 2.36. The average Bonchev–Trinajstić information content (AvgIpc) is 3.48. The van der Waals surface area contributed by atoms with Crippen molar-refractivity contribution in [2.75, 3.05) is 0 Å². The van der Waals surface area contributed by atoms with Gasteiger partial charge in [0, 0.05) is 27.1 Å². The summed E-state index contributed by atoms with van der Waals surface area (Å²) >= 11 is 0. The molecule has 0 aliphatic heterocycles. The summed E-state index contributed by atoms with van der Waals surface area (Å²) in [5, 5.41) is 4.57. The van der Waals surface area contributed by atoms with Gasteiger partial charge in [-0.05, 0) is 59.7 Å². The Morgan fingerprint density at radius 2 is 1.10 bits per heavy atom. The molecule has 0 radical (unpaired) electrons. The van der Waals surface area contributed by atoms with Crippen LogP contribution in [0.5, 0.6) is 0 Å². The number of benzene rings is 6. The summed E-state index contributed by atoms with van der Waals surface area (Å²) in [6.07, 6.45) is 1.74. The van der Waals surface area contributed by atoms with E-state index in [-0.39, 0.29) is 5.56 Å². The Morgan fingerprint density at radius 3 is 1.94 bits per heavy atom. The molecule has 0 aliphatic rings. The normalized spacial score (nSPS) is 11.8. The molecule has 0 saturated carbocycles. The molecule has 0 N–H and O–H groups in total. The van der Waals surface area contributed by atoms with Crippen LogP contribution >= 0.6 is 0 Å². The van der Waals surface area contributed by atoms with Gasteiger partial charge in [-0.2, -0.15) is 4.98 Å². The standard InChI is InChI=1S/C41H24N6O/c48-40-32-23-27(18-20-35(32)46-24-42-33-15-7-5-14-30(33)39(46)45-40)26-19-21-37-31(22-26)28-12-6-9-17-36(28)47(37)41-43-34-16-8-4-13-29(34)38(44-41)25-10-2-1-3-11-25/h1-24H. The molecule has 7 nitrogen and oxygen atoms in total. The smallest absolute Gasteiger partial charge is 0.281 e. The van der Waals surface area contributed by atoms with Crippen molar-refractivity contribution in [2.24, 2.45) is 0 Å². The summed E-state index contributed by atoms with van der Waals surface area (Å²) in [6, 6.07) is 46.9. The third kappa shape index (κ3) is 3.91. The van der Waals surface area contributed by atoms with Crippen molar-refractivity contribution in [1.29, 1.82) is 0 Å². The summed E-state index contributed by atoms with van der Waals surface area (Å²) in [5.41, 5.74) is 8.69. The number of fused-ring (bicyclic) bond motifs is 9. The Balaban J connectivity index is 1.17. The van der Waals surface area contributed by atoms with Crippen LogP contribution in [0.3, 0.4) is 0 Å². The number of para-hydroxylation sites is 3. The van der Waals surface area contributed by atoms with E-state index in [1.54, 1.807) is 6.33 Å². The first-order valence-electron chi connectivity index (χ1n) is 15.8. The molecular weight excluding hydrogens is 592 g/mol. The molecule has 0 saturated heterocycles. The maximum absolute atomic E-state index is 13.4. The molecule has 0 amide bonds. The minimum atomic E-state index is -0.261. The SMILES string of the molecule is O=c1nc2c3ccccc3ncn2c2ccc(-c3ccc4c(c3)c3ccccc3n4-c3nc(-c4ccccc4)c4ccccc4n3)cc12. The molecular formula is C41H24N6O. The molecule has 224 valence electrons. The van der Waals surface area contributed by atoms with Crippen LogP contribution in [0.1, 0.15) is 0 Å². The van der Waals surface area contributed by atoms with Gasteiger partial charge in [-0.1, -0.05) is 91.0 Å². The van der Waals surface area contributed by atoms with Gasteiger partial charge in [0.25, 0.3) is 5.56 Å².